The fourth-order valence-corrected chi connectivity index (χ4v) is 2.82. The molecule has 1 fully saturated rings. The molecule has 1 aromatic heterocycles. The van der Waals surface area contributed by atoms with Crippen LogP contribution in [0.5, 0.6) is 0 Å². The Kier molecular flexibility index (Phi) is 5.17. The fraction of sp³-hybridized carbons (Fsp3) is 0.733. The zero-order chi connectivity index (χ0) is 14.5. The highest BCUT2D eigenvalue weighted by atomic mass is 16.5. The molecule has 112 valence electrons. The number of ether oxygens (including phenoxy) is 1. The van der Waals surface area contributed by atoms with Crippen LogP contribution in [0.15, 0.2) is 6.07 Å². The van der Waals surface area contributed by atoms with Crippen molar-refractivity contribution in [3.05, 3.63) is 17.5 Å². The van der Waals surface area contributed by atoms with Gasteiger partial charge in [-0.2, -0.15) is 5.10 Å². The second kappa shape index (κ2) is 6.88. The van der Waals surface area contributed by atoms with Crippen molar-refractivity contribution in [2.45, 2.75) is 46.7 Å². The number of rotatable bonds is 5. The van der Waals surface area contributed by atoms with Crippen molar-refractivity contribution < 1.29 is 9.53 Å². The summed E-state index contributed by atoms with van der Waals surface area (Å²) >= 11 is 0. The van der Waals surface area contributed by atoms with Crippen molar-refractivity contribution >= 4 is 5.97 Å². The number of hydrogen-bond donors (Lipinski definition) is 0. The molecule has 0 radical (unpaired) electrons. The standard InChI is InChI=1S/C15H25N3O2/c1-4-18-14(10-12(3)16-18)11-17-8-6-13(7-9-17)15(19)20-5-2/h10,13H,4-9,11H2,1-3H3. The molecule has 1 aliphatic heterocycles. The summed E-state index contributed by atoms with van der Waals surface area (Å²) < 4.78 is 7.17. The third kappa shape index (κ3) is 3.60. The molecule has 2 heterocycles. The first-order chi connectivity index (χ1) is 9.63. The number of aromatic nitrogens is 2. The number of likely N-dealkylation sites (tertiary alicyclic amines) is 1. The van der Waals surface area contributed by atoms with Crippen molar-refractivity contribution in [2.24, 2.45) is 5.92 Å². The van der Waals surface area contributed by atoms with Crippen LogP contribution < -0.4 is 0 Å². The Bertz CT molecular complexity index is 448. The predicted octanol–water partition coefficient (Wildman–Crippen LogP) is 1.99. The van der Waals surface area contributed by atoms with Gasteiger partial charge < -0.3 is 4.74 Å². The number of nitrogens with zero attached hydrogens (tertiary/aromatic N) is 3. The molecular formula is C15H25N3O2. The van der Waals surface area contributed by atoms with Crippen LogP contribution in [0.4, 0.5) is 0 Å². The van der Waals surface area contributed by atoms with Crippen LogP contribution in [-0.2, 0) is 22.6 Å². The topological polar surface area (TPSA) is 47.4 Å². The van der Waals surface area contributed by atoms with E-state index >= 15 is 0 Å². The Morgan fingerprint density at radius 1 is 1.40 bits per heavy atom. The molecule has 0 saturated carbocycles. The normalized spacial score (nSPS) is 17.4. The summed E-state index contributed by atoms with van der Waals surface area (Å²) in [6, 6.07) is 2.15. The predicted molar refractivity (Wildman–Crippen MR) is 77.3 cm³/mol. The van der Waals surface area contributed by atoms with Gasteiger partial charge >= 0.3 is 5.97 Å². The first-order valence-corrected chi connectivity index (χ1v) is 7.56. The van der Waals surface area contributed by atoms with Crippen LogP contribution in [0.3, 0.4) is 0 Å². The summed E-state index contributed by atoms with van der Waals surface area (Å²) in [5.74, 6) is 0.0608. The zero-order valence-corrected chi connectivity index (χ0v) is 12.8. The van der Waals surface area contributed by atoms with E-state index in [-0.39, 0.29) is 11.9 Å². The Labute approximate surface area is 120 Å². The van der Waals surface area contributed by atoms with E-state index in [1.54, 1.807) is 0 Å². The molecule has 0 aromatic carbocycles. The summed E-state index contributed by atoms with van der Waals surface area (Å²) in [5.41, 5.74) is 2.34. The van der Waals surface area contributed by atoms with Gasteiger partial charge in [0, 0.05) is 13.1 Å². The minimum Gasteiger partial charge on any atom is -0.466 e. The van der Waals surface area contributed by atoms with Crippen molar-refractivity contribution in [1.29, 1.82) is 0 Å². The van der Waals surface area contributed by atoms with Crippen molar-refractivity contribution in [3.63, 3.8) is 0 Å². The molecule has 0 unspecified atom stereocenters. The van der Waals surface area contributed by atoms with Crippen LogP contribution in [-0.4, -0.2) is 40.3 Å². The van der Waals surface area contributed by atoms with Gasteiger partial charge in [0.05, 0.1) is 23.9 Å². The van der Waals surface area contributed by atoms with Gasteiger partial charge in [-0.05, 0) is 52.8 Å². The number of carbonyl (C=O) groups excluding carboxylic acids is 1. The lowest BCUT2D eigenvalue weighted by Gasteiger charge is -2.30. The van der Waals surface area contributed by atoms with E-state index in [4.69, 9.17) is 4.74 Å². The maximum absolute atomic E-state index is 11.7. The SMILES string of the molecule is CCOC(=O)C1CCN(Cc2cc(C)nn2CC)CC1. The molecule has 1 saturated heterocycles. The molecule has 0 amide bonds. The van der Waals surface area contributed by atoms with E-state index in [0.717, 1.165) is 44.7 Å². The Morgan fingerprint density at radius 2 is 2.10 bits per heavy atom. The van der Waals surface area contributed by atoms with E-state index in [1.165, 1.54) is 5.69 Å². The Morgan fingerprint density at radius 3 is 2.70 bits per heavy atom. The van der Waals surface area contributed by atoms with E-state index < -0.39 is 0 Å². The number of hydrogen-bond acceptors (Lipinski definition) is 4. The second-order valence-corrected chi connectivity index (χ2v) is 5.40. The van der Waals surface area contributed by atoms with E-state index in [2.05, 4.69) is 27.7 Å². The van der Waals surface area contributed by atoms with E-state index in [9.17, 15) is 4.79 Å². The zero-order valence-electron chi connectivity index (χ0n) is 12.8. The Hall–Kier alpha value is -1.36. The average molecular weight is 279 g/mol. The van der Waals surface area contributed by atoms with Gasteiger partial charge in [0.25, 0.3) is 0 Å². The second-order valence-electron chi connectivity index (χ2n) is 5.40. The molecule has 0 N–H and O–H groups in total. The van der Waals surface area contributed by atoms with Gasteiger partial charge in [0.2, 0.25) is 0 Å². The van der Waals surface area contributed by atoms with Gasteiger partial charge in [-0.3, -0.25) is 14.4 Å². The smallest absolute Gasteiger partial charge is 0.309 e. The molecular weight excluding hydrogens is 254 g/mol. The number of piperidine rings is 1. The average Bonchev–Trinajstić information content (AvgIpc) is 2.80. The van der Waals surface area contributed by atoms with Crippen molar-refractivity contribution in [1.82, 2.24) is 14.7 Å². The Balaban J connectivity index is 1.86. The lowest BCUT2D eigenvalue weighted by atomic mass is 9.97. The van der Waals surface area contributed by atoms with Crippen LogP contribution in [0.25, 0.3) is 0 Å². The maximum Gasteiger partial charge on any atom is 0.309 e. The highest BCUT2D eigenvalue weighted by molar-refractivity contribution is 5.72. The molecule has 0 atom stereocenters. The van der Waals surface area contributed by atoms with E-state index in [0.29, 0.717) is 6.61 Å². The summed E-state index contributed by atoms with van der Waals surface area (Å²) in [6.45, 7) is 10.2. The van der Waals surface area contributed by atoms with Gasteiger partial charge in [0.1, 0.15) is 0 Å². The van der Waals surface area contributed by atoms with Crippen molar-refractivity contribution in [3.8, 4) is 0 Å². The molecule has 5 heteroatoms. The molecule has 0 spiro atoms. The van der Waals surface area contributed by atoms with Crippen LogP contribution in [0, 0.1) is 12.8 Å². The minimum atomic E-state index is -0.0263. The largest absolute Gasteiger partial charge is 0.466 e. The maximum atomic E-state index is 11.7. The van der Waals surface area contributed by atoms with Gasteiger partial charge in [-0.1, -0.05) is 0 Å². The van der Waals surface area contributed by atoms with E-state index in [1.807, 2.05) is 13.8 Å². The molecule has 1 aliphatic rings. The first-order valence-electron chi connectivity index (χ1n) is 7.56. The molecule has 2 rings (SSSR count). The fourth-order valence-electron chi connectivity index (χ4n) is 2.82. The lowest BCUT2D eigenvalue weighted by molar-refractivity contribution is -0.149. The van der Waals surface area contributed by atoms with Crippen LogP contribution in [0.1, 0.15) is 38.1 Å². The third-order valence-electron chi connectivity index (χ3n) is 3.88. The third-order valence-corrected chi connectivity index (χ3v) is 3.88. The van der Waals surface area contributed by atoms with Gasteiger partial charge in [-0.15, -0.1) is 0 Å². The molecule has 1 aromatic rings. The van der Waals surface area contributed by atoms with Crippen molar-refractivity contribution in [2.75, 3.05) is 19.7 Å². The molecule has 20 heavy (non-hydrogen) atoms. The molecule has 5 nitrogen and oxygen atoms in total. The monoisotopic (exact) mass is 279 g/mol. The quantitative estimate of drug-likeness (QED) is 0.773. The number of esters is 1. The summed E-state index contributed by atoms with van der Waals surface area (Å²) in [7, 11) is 0. The first kappa shape index (κ1) is 15.0. The molecule has 0 aliphatic carbocycles. The van der Waals surface area contributed by atoms with Gasteiger partial charge in [0.15, 0.2) is 0 Å². The molecule has 0 bridgehead atoms. The highest BCUT2D eigenvalue weighted by Crippen LogP contribution is 2.20. The summed E-state index contributed by atoms with van der Waals surface area (Å²) in [6.07, 6.45) is 1.80. The summed E-state index contributed by atoms with van der Waals surface area (Å²) in [5, 5.41) is 4.48. The minimum absolute atomic E-state index is 0.0263. The van der Waals surface area contributed by atoms with Crippen LogP contribution in [0.2, 0.25) is 0 Å². The van der Waals surface area contributed by atoms with Crippen LogP contribution >= 0.6 is 0 Å². The number of aryl methyl sites for hydroxylation is 2. The van der Waals surface area contributed by atoms with Gasteiger partial charge in [-0.25, -0.2) is 0 Å². The summed E-state index contributed by atoms with van der Waals surface area (Å²) in [4.78, 5) is 14.1. The number of carbonyl (C=O) groups is 1. The lowest BCUT2D eigenvalue weighted by Crippen LogP contribution is -2.37. The highest BCUT2D eigenvalue weighted by Gasteiger charge is 2.26.